The van der Waals surface area contributed by atoms with E-state index in [1.807, 2.05) is 72.8 Å². The number of ether oxygens (including phenoxy) is 2. The molecule has 0 radical (unpaired) electrons. The first kappa shape index (κ1) is 37.0. The highest BCUT2D eigenvalue weighted by atomic mass is 16.5. The molecule has 0 saturated carbocycles. The zero-order chi connectivity index (χ0) is 39.7. The van der Waals surface area contributed by atoms with Crippen LogP contribution in [0.2, 0.25) is 0 Å². The molecular weight excluding hydrogens is 725 g/mol. The van der Waals surface area contributed by atoms with Crippen molar-refractivity contribution >= 4 is 32.6 Å². The first-order valence-electron chi connectivity index (χ1n) is 20.7. The van der Waals surface area contributed by atoms with E-state index in [1.165, 1.54) is 0 Å². The molecule has 58 heavy (non-hydrogen) atoms. The lowest BCUT2D eigenvalue weighted by Crippen LogP contribution is -2.54. The summed E-state index contributed by atoms with van der Waals surface area (Å²) in [5.41, 5.74) is 5.62. The molecule has 0 spiro atoms. The van der Waals surface area contributed by atoms with Crippen molar-refractivity contribution in [3.63, 3.8) is 0 Å². The minimum Gasteiger partial charge on any atom is -0.497 e. The Bertz CT molecular complexity index is 2400. The highest BCUT2D eigenvalue weighted by molar-refractivity contribution is 6.02. The molecule has 6 aromatic rings. The number of nitrogens with zero attached hydrogens (tertiary/aromatic N) is 6. The van der Waals surface area contributed by atoms with Crippen LogP contribution in [0, 0.1) is 23.7 Å². The van der Waals surface area contributed by atoms with Crippen molar-refractivity contribution in [1.82, 2.24) is 30.0 Å². The second-order valence-corrected chi connectivity index (χ2v) is 16.8. The van der Waals surface area contributed by atoms with Crippen molar-refractivity contribution in [2.45, 2.75) is 50.0 Å². The summed E-state index contributed by atoms with van der Waals surface area (Å²) in [7, 11) is 3.31. The number of benzene rings is 3. The van der Waals surface area contributed by atoms with Gasteiger partial charge in [-0.3, -0.25) is 9.80 Å². The van der Waals surface area contributed by atoms with E-state index >= 15 is 0 Å². The Kier molecular flexibility index (Phi) is 9.48. The number of piperidine rings is 6. The van der Waals surface area contributed by atoms with E-state index in [2.05, 4.69) is 35.1 Å². The molecule has 3 aromatic heterocycles. The van der Waals surface area contributed by atoms with E-state index in [9.17, 15) is 10.2 Å². The maximum atomic E-state index is 12.3. The van der Waals surface area contributed by atoms with Gasteiger partial charge >= 0.3 is 0 Å². The standard InChI is InChI=1S/C48H50N6O4/c1-5-27-25-53-17-15-29(27)19-43(53)47(55)37-23-41(49-39-13-11-31(57-3)21-35(37)39)45-33-9-7-8-10-34(33)46(52-51-45)42-24-38(36-22-32(58-4)12-14-40(36)50-42)48(56)44-20-30-16-18-54(44)26-28(30)6-2/h5-14,21-24,27-30,43-44,47-48,55-56H,1-2,15-20,25-26H2,3-4H3/t27?,28?,29-,30-,43?,44?,47-,48-/m0/s1. The Balaban J connectivity index is 1.08. The molecule has 0 aliphatic carbocycles. The van der Waals surface area contributed by atoms with Crippen molar-refractivity contribution < 1.29 is 19.7 Å². The third kappa shape index (κ3) is 6.16. The number of methoxy groups -OCH3 is 2. The van der Waals surface area contributed by atoms with E-state index in [0.717, 1.165) is 95.6 Å². The van der Waals surface area contributed by atoms with Crippen molar-refractivity contribution in [3.8, 4) is 34.3 Å². The fourth-order valence-electron chi connectivity index (χ4n) is 10.8. The highest BCUT2D eigenvalue weighted by Crippen LogP contribution is 2.45. The normalized spacial score (nSPS) is 27.4. The fraction of sp³-hybridized carbons (Fsp3) is 0.375. The third-order valence-electron chi connectivity index (χ3n) is 13.9. The summed E-state index contributed by atoms with van der Waals surface area (Å²) in [5.74, 6) is 3.35. The molecule has 4 bridgehead atoms. The molecule has 10 heteroatoms. The average molecular weight is 775 g/mol. The number of rotatable bonds is 10. The molecule has 12 rings (SSSR count). The second kappa shape index (κ2) is 14.8. The summed E-state index contributed by atoms with van der Waals surface area (Å²) in [6.07, 6.45) is 6.76. The largest absolute Gasteiger partial charge is 0.497 e. The molecule has 0 amide bonds. The zero-order valence-electron chi connectivity index (χ0n) is 33.2. The zero-order valence-corrected chi connectivity index (χ0v) is 33.2. The highest BCUT2D eigenvalue weighted by Gasteiger charge is 2.44. The maximum Gasteiger partial charge on any atom is 0.119 e. The summed E-state index contributed by atoms with van der Waals surface area (Å²) >= 11 is 0. The Morgan fingerprint density at radius 3 is 1.47 bits per heavy atom. The Hall–Kier alpha value is -5.26. The molecule has 6 aliphatic heterocycles. The van der Waals surface area contributed by atoms with Crippen LogP contribution < -0.4 is 9.47 Å². The molecule has 6 saturated heterocycles. The number of aliphatic hydroxyl groups excluding tert-OH is 2. The van der Waals surface area contributed by atoms with Gasteiger partial charge < -0.3 is 19.7 Å². The van der Waals surface area contributed by atoms with Crippen LogP contribution in [-0.2, 0) is 0 Å². The monoisotopic (exact) mass is 774 g/mol. The number of hydrogen-bond donors (Lipinski definition) is 2. The molecule has 9 heterocycles. The van der Waals surface area contributed by atoms with Crippen LogP contribution in [0.4, 0.5) is 0 Å². The van der Waals surface area contributed by atoms with Gasteiger partial charge in [0.05, 0.1) is 48.8 Å². The number of aromatic nitrogens is 4. The Morgan fingerprint density at radius 2 is 1.09 bits per heavy atom. The maximum absolute atomic E-state index is 12.3. The second-order valence-electron chi connectivity index (χ2n) is 16.8. The van der Waals surface area contributed by atoms with Gasteiger partial charge in [-0.05, 0) is 122 Å². The summed E-state index contributed by atoms with van der Waals surface area (Å²) in [6.45, 7) is 12.0. The minimum atomic E-state index is -0.743. The van der Waals surface area contributed by atoms with Gasteiger partial charge in [-0.15, -0.1) is 23.4 Å². The van der Waals surface area contributed by atoms with Gasteiger partial charge in [-0.25, -0.2) is 9.97 Å². The third-order valence-corrected chi connectivity index (χ3v) is 13.9. The van der Waals surface area contributed by atoms with E-state index in [4.69, 9.17) is 29.6 Å². The Morgan fingerprint density at radius 1 is 0.638 bits per heavy atom. The number of pyridine rings is 2. The van der Waals surface area contributed by atoms with Crippen molar-refractivity contribution in [1.29, 1.82) is 0 Å². The van der Waals surface area contributed by atoms with Gasteiger partial charge in [-0.1, -0.05) is 36.4 Å². The lowest BCUT2D eigenvalue weighted by atomic mass is 9.73. The van der Waals surface area contributed by atoms with Crippen molar-refractivity contribution in [3.05, 3.63) is 109 Å². The van der Waals surface area contributed by atoms with Gasteiger partial charge in [-0.2, -0.15) is 0 Å². The molecular formula is C48H50N6O4. The van der Waals surface area contributed by atoms with Gasteiger partial charge in [0.15, 0.2) is 0 Å². The lowest BCUT2D eigenvalue weighted by Gasteiger charge is -2.50. The average Bonchev–Trinajstić information content (AvgIpc) is 3.29. The van der Waals surface area contributed by atoms with Crippen LogP contribution in [0.25, 0.3) is 55.4 Å². The molecule has 2 N–H and O–H groups in total. The summed E-state index contributed by atoms with van der Waals surface area (Å²) in [5, 5.41) is 37.9. The van der Waals surface area contributed by atoms with Crippen LogP contribution in [0.15, 0.2) is 98.1 Å². The quantitative estimate of drug-likeness (QED) is 0.133. The number of fused-ring (bicyclic) bond motifs is 9. The van der Waals surface area contributed by atoms with Gasteiger partial charge in [0, 0.05) is 46.7 Å². The molecule has 10 nitrogen and oxygen atoms in total. The molecule has 3 aromatic carbocycles. The van der Waals surface area contributed by atoms with Crippen molar-refractivity contribution in [2.75, 3.05) is 40.4 Å². The SMILES string of the molecule is C=CC1CN2CC[C@H]1CC2[C@@H](O)c1cc(-c2nnc(-c3cc([C@H](O)C4C[C@@H]5CCN4CC5C=C)c4cc(OC)ccc4n3)c3ccccc23)nc2ccc(OC)cc12. The summed E-state index contributed by atoms with van der Waals surface area (Å²) in [4.78, 5) is 15.1. The van der Waals surface area contributed by atoms with Crippen molar-refractivity contribution in [2.24, 2.45) is 23.7 Å². The molecule has 10 atom stereocenters. The van der Waals surface area contributed by atoms with Crippen LogP contribution in [0.3, 0.4) is 0 Å². The van der Waals surface area contributed by atoms with Crippen LogP contribution in [0.1, 0.15) is 49.0 Å². The first-order valence-corrected chi connectivity index (χ1v) is 20.7. The van der Waals surface area contributed by atoms with E-state index in [0.29, 0.717) is 57.9 Å². The van der Waals surface area contributed by atoms with Gasteiger partial charge in [0.1, 0.15) is 22.9 Å². The lowest BCUT2D eigenvalue weighted by molar-refractivity contribution is -0.0445. The smallest absolute Gasteiger partial charge is 0.119 e. The summed E-state index contributed by atoms with van der Waals surface area (Å²) < 4.78 is 11.3. The van der Waals surface area contributed by atoms with E-state index < -0.39 is 12.2 Å². The van der Waals surface area contributed by atoms with Gasteiger partial charge in [0.25, 0.3) is 0 Å². The predicted octanol–water partition coefficient (Wildman–Crippen LogP) is 7.94. The number of aliphatic hydroxyl groups is 2. The van der Waals surface area contributed by atoms with E-state index in [1.54, 1.807) is 14.2 Å². The molecule has 296 valence electrons. The van der Waals surface area contributed by atoms with Crippen LogP contribution in [-0.4, -0.2) is 92.7 Å². The molecule has 6 aliphatic rings. The number of hydrogen-bond acceptors (Lipinski definition) is 10. The fourth-order valence-corrected chi connectivity index (χ4v) is 10.8. The first-order chi connectivity index (χ1) is 28.3. The minimum absolute atomic E-state index is 0.0164. The van der Waals surface area contributed by atoms with Crippen LogP contribution in [0.5, 0.6) is 11.5 Å². The Labute approximate surface area is 338 Å². The predicted molar refractivity (Wildman–Crippen MR) is 228 cm³/mol. The van der Waals surface area contributed by atoms with Gasteiger partial charge in [0.2, 0.25) is 0 Å². The summed E-state index contributed by atoms with van der Waals surface area (Å²) in [6, 6.07) is 23.7. The van der Waals surface area contributed by atoms with E-state index in [-0.39, 0.29) is 12.1 Å². The van der Waals surface area contributed by atoms with Crippen LogP contribution >= 0.6 is 0 Å². The topological polar surface area (TPSA) is 117 Å². The molecule has 6 fully saturated rings. The molecule has 6 unspecified atom stereocenters.